The molecule has 1 aliphatic carbocycles. The third kappa shape index (κ3) is 2.21. The van der Waals surface area contributed by atoms with Crippen LogP contribution in [0.4, 0.5) is 13.2 Å². The first-order valence-corrected chi connectivity index (χ1v) is 5.71. The molecular weight excluding hydrogens is 245 g/mol. The van der Waals surface area contributed by atoms with Gasteiger partial charge in [-0.2, -0.15) is 13.2 Å². The lowest BCUT2D eigenvalue weighted by Crippen LogP contribution is -2.31. The van der Waals surface area contributed by atoms with Gasteiger partial charge in [-0.3, -0.25) is 4.79 Å². The fourth-order valence-corrected chi connectivity index (χ4v) is 2.44. The molecule has 2 nitrogen and oxygen atoms in total. The van der Waals surface area contributed by atoms with Crippen LogP contribution in [0.1, 0.15) is 35.4 Å². The van der Waals surface area contributed by atoms with Crippen LogP contribution in [0.15, 0.2) is 18.2 Å². The van der Waals surface area contributed by atoms with Gasteiger partial charge in [0.05, 0.1) is 11.5 Å². The summed E-state index contributed by atoms with van der Waals surface area (Å²) >= 11 is 0. The Kier molecular flexibility index (Phi) is 3.09. The van der Waals surface area contributed by atoms with Crippen molar-refractivity contribution in [2.75, 3.05) is 0 Å². The van der Waals surface area contributed by atoms with Crippen molar-refractivity contribution in [3.63, 3.8) is 0 Å². The Bertz CT molecular complexity index is 480. The zero-order valence-electron chi connectivity index (χ0n) is 9.79. The molecule has 0 amide bonds. The molecule has 2 rings (SSSR count). The Hall–Kier alpha value is -1.52. The zero-order valence-corrected chi connectivity index (χ0v) is 9.79. The van der Waals surface area contributed by atoms with Crippen molar-refractivity contribution in [1.29, 1.82) is 0 Å². The SMILES string of the molecule is Cc1cc(C(F)(F)F)ccc1C1CCC1C(=O)O. The number of hydrogen-bond acceptors (Lipinski definition) is 1. The fourth-order valence-electron chi connectivity index (χ4n) is 2.44. The molecule has 0 spiro atoms. The van der Waals surface area contributed by atoms with E-state index in [9.17, 15) is 18.0 Å². The molecule has 1 N–H and O–H groups in total. The summed E-state index contributed by atoms with van der Waals surface area (Å²) in [6.07, 6.45) is -3.03. The molecule has 1 aliphatic rings. The third-order valence-corrected chi connectivity index (χ3v) is 3.59. The standard InChI is InChI=1S/C13H13F3O2/c1-7-6-8(13(14,15)16)2-3-9(7)10-4-5-11(10)12(17)18/h2-3,6,10-11H,4-5H2,1H3,(H,17,18). The van der Waals surface area contributed by atoms with E-state index in [1.54, 1.807) is 6.92 Å². The van der Waals surface area contributed by atoms with Crippen LogP contribution in [0.2, 0.25) is 0 Å². The molecule has 0 saturated heterocycles. The Labute approximate surface area is 102 Å². The average molecular weight is 258 g/mol. The molecule has 1 aromatic rings. The second kappa shape index (κ2) is 4.30. The maximum Gasteiger partial charge on any atom is 0.416 e. The first kappa shape index (κ1) is 12.9. The second-order valence-corrected chi connectivity index (χ2v) is 4.70. The summed E-state index contributed by atoms with van der Waals surface area (Å²) in [6.45, 7) is 1.60. The molecule has 18 heavy (non-hydrogen) atoms. The molecule has 0 heterocycles. The molecule has 1 fully saturated rings. The van der Waals surface area contributed by atoms with Crippen LogP contribution in [0.3, 0.4) is 0 Å². The number of hydrogen-bond donors (Lipinski definition) is 1. The van der Waals surface area contributed by atoms with Crippen LogP contribution < -0.4 is 0 Å². The number of carboxylic acids is 1. The van der Waals surface area contributed by atoms with Gasteiger partial charge in [0, 0.05) is 0 Å². The molecular formula is C13H13F3O2. The quantitative estimate of drug-likeness (QED) is 0.880. The Morgan fingerprint density at radius 3 is 2.39 bits per heavy atom. The molecule has 1 aromatic carbocycles. The van der Waals surface area contributed by atoms with Gasteiger partial charge >= 0.3 is 12.1 Å². The van der Waals surface area contributed by atoms with E-state index in [1.807, 2.05) is 0 Å². The number of benzene rings is 1. The van der Waals surface area contributed by atoms with Crippen LogP contribution >= 0.6 is 0 Å². The highest BCUT2D eigenvalue weighted by Crippen LogP contribution is 2.44. The van der Waals surface area contributed by atoms with E-state index in [-0.39, 0.29) is 5.92 Å². The smallest absolute Gasteiger partial charge is 0.416 e. The van der Waals surface area contributed by atoms with E-state index in [0.29, 0.717) is 12.0 Å². The zero-order chi connectivity index (χ0) is 13.5. The van der Waals surface area contributed by atoms with Crippen LogP contribution in [0.25, 0.3) is 0 Å². The fraction of sp³-hybridized carbons (Fsp3) is 0.462. The molecule has 98 valence electrons. The summed E-state index contributed by atoms with van der Waals surface area (Å²) < 4.78 is 37.5. The minimum atomic E-state index is -4.35. The number of carboxylic acid groups (broad SMARTS) is 1. The van der Waals surface area contributed by atoms with E-state index >= 15 is 0 Å². The van der Waals surface area contributed by atoms with Gasteiger partial charge in [-0.1, -0.05) is 6.07 Å². The van der Waals surface area contributed by atoms with Crippen LogP contribution in [-0.2, 0) is 11.0 Å². The summed E-state index contributed by atoms with van der Waals surface area (Å²) in [5, 5.41) is 8.96. The van der Waals surface area contributed by atoms with Gasteiger partial charge in [0.15, 0.2) is 0 Å². The van der Waals surface area contributed by atoms with Crippen molar-refractivity contribution in [2.45, 2.75) is 31.9 Å². The summed E-state index contributed by atoms with van der Waals surface area (Å²) in [7, 11) is 0. The molecule has 0 bridgehead atoms. The summed E-state index contributed by atoms with van der Waals surface area (Å²) in [4.78, 5) is 10.9. The van der Waals surface area contributed by atoms with E-state index in [1.165, 1.54) is 6.07 Å². The van der Waals surface area contributed by atoms with Crippen molar-refractivity contribution in [1.82, 2.24) is 0 Å². The average Bonchev–Trinajstić information content (AvgIpc) is 2.16. The highest BCUT2D eigenvalue weighted by Gasteiger charge is 2.39. The van der Waals surface area contributed by atoms with E-state index < -0.39 is 23.6 Å². The minimum Gasteiger partial charge on any atom is -0.481 e. The maximum absolute atomic E-state index is 12.5. The predicted octanol–water partition coefficient (Wildman–Crippen LogP) is 3.59. The van der Waals surface area contributed by atoms with Gasteiger partial charge in [0.2, 0.25) is 0 Å². The van der Waals surface area contributed by atoms with Crippen molar-refractivity contribution in [2.24, 2.45) is 5.92 Å². The van der Waals surface area contributed by atoms with E-state index in [2.05, 4.69) is 0 Å². The molecule has 0 aliphatic heterocycles. The lowest BCUT2D eigenvalue weighted by molar-refractivity contribution is -0.145. The van der Waals surface area contributed by atoms with E-state index in [4.69, 9.17) is 5.11 Å². The van der Waals surface area contributed by atoms with Gasteiger partial charge in [-0.05, 0) is 48.9 Å². The molecule has 2 atom stereocenters. The highest BCUT2D eigenvalue weighted by molar-refractivity contribution is 5.73. The van der Waals surface area contributed by atoms with E-state index in [0.717, 1.165) is 24.1 Å². The summed E-state index contributed by atoms with van der Waals surface area (Å²) in [6, 6.07) is 3.53. The Balaban J connectivity index is 2.29. The van der Waals surface area contributed by atoms with Crippen molar-refractivity contribution in [3.8, 4) is 0 Å². The lowest BCUT2D eigenvalue weighted by atomic mass is 9.69. The van der Waals surface area contributed by atoms with Crippen LogP contribution in [-0.4, -0.2) is 11.1 Å². The highest BCUT2D eigenvalue weighted by atomic mass is 19.4. The van der Waals surface area contributed by atoms with Gasteiger partial charge in [0.1, 0.15) is 0 Å². The first-order chi connectivity index (χ1) is 8.30. The predicted molar refractivity (Wildman–Crippen MR) is 59.3 cm³/mol. The normalized spacial score (nSPS) is 23.6. The second-order valence-electron chi connectivity index (χ2n) is 4.70. The molecule has 1 saturated carbocycles. The van der Waals surface area contributed by atoms with Gasteiger partial charge < -0.3 is 5.11 Å². The molecule has 0 aromatic heterocycles. The maximum atomic E-state index is 12.5. The number of aliphatic carboxylic acids is 1. The van der Waals surface area contributed by atoms with Gasteiger partial charge in [-0.15, -0.1) is 0 Å². The topological polar surface area (TPSA) is 37.3 Å². The van der Waals surface area contributed by atoms with Gasteiger partial charge in [-0.25, -0.2) is 0 Å². The summed E-state index contributed by atoms with van der Waals surface area (Å²) in [5.41, 5.74) is 0.553. The minimum absolute atomic E-state index is 0.148. The number of halogens is 3. The number of aryl methyl sites for hydroxylation is 1. The third-order valence-electron chi connectivity index (χ3n) is 3.59. The number of alkyl halides is 3. The van der Waals surface area contributed by atoms with Crippen molar-refractivity contribution < 1.29 is 23.1 Å². The van der Waals surface area contributed by atoms with Crippen molar-refractivity contribution >= 4 is 5.97 Å². The Morgan fingerprint density at radius 1 is 1.33 bits per heavy atom. The van der Waals surface area contributed by atoms with Crippen molar-refractivity contribution in [3.05, 3.63) is 34.9 Å². The lowest BCUT2D eigenvalue weighted by Gasteiger charge is -2.34. The largest absolute Gasteiger partial charge is 0.481 e. The monoisotopic (exact) mass is 258 g/mol. The first-order valence-electron chi connectivity index (χ1n) is 5.71. The van der Waals surface area contributed by atoms with Crippen LogP contribution in [0.5, 0.6) is 0 Å². The van der Waals surface area contributed by atoms with Crippen LogP contribution in [0, 0.1) is 12.8 Å². The Morgan fingerprint density at radius 2 is 2.00 bits per heavy atom. The molecule has 0 radical (unpaired) electrons. The number of rotatable bonds is 2. The van der Waals surface area contributed by atoms with Gasteiger partial charge in [0.25, 0.3) is 0 Å². The molecule has 5 heteroatoms. The number of carbonyl (C=O) groups is 1. The summed E-state index contributed by atoms with van der Waals surface area (Å²) in [5.74, 6) is -1.48. The molecule has 2 unspecified atom stereocenters.